The molecule has 2 aliphatic rings. The maximum atomic E-state index is 11.8. The summed E-state index contributed by atoms with van der Waals surface area (Å²) >= 11 is 0. The molecule has 5 heteroatoms. The van der Waals surface area contributed by atoms with Gasteiger partial charge in [0.15, 0.2) is 11.6 Å². The fraction of sp³-hybridized carbons (Fsp3) is 0.643. The first-order chi connectivity index (χ1) is 9.28. The number of aromatic nitrogens is 2. The van der Waals surface area contributed by atoms with Crippen molar-refractivity contribution in [2.24, 2.45) is 0 Å². The molecule has 0 spiro atoms. The number of carbonyl (C=O) groups is 1. The van der Waals surface area contributed by atoms with Crippen LogP contribution in [0.2, 0.25) is 0 Å². The molecule has 102 valence electrons. The smallest absolute Gasteiger partial charge is 0.166 e. The Bertz CT molecular complexity index is 490. The quantitative estimate of drug-likeness (QED) is 0.805. The van der Waals surface area contributed by atoms with E-state index in [1.807, 2.05) is 0 Å². The van der Waals surface area contributed by atoms with E-state index in [4.69, 9.17) is 4.74 Å². The van der Waals surface area contributed by atoms with Gasteiger partial charge in [-0.2, -0.15) is 0 Å². The van der Waals surface area contributed by atoms with Crippen molar-refractivity contribution in [2.75, 3.05) is 26.2 Å². The van der Waals surface area contributed by atoms with Crippen molar-refractivity contribution in [3.63, 3.8) is 0 Å². The molecule has 1 unspecified atom stereocenters. The number of nitrogens with zero attached hydrogens (tertiary/aromatic N) is 3. The summed E-state index contributed by atoms with van der Waals surface area (Å²) in [6.45, 7) is 5.69. The van der Waals surface area contributed by atoms with E-state index in [9.17, 15) is 4.79 Å². The minimum Gasteiger partial charge on any atom is -0.368 e. The largest absolute Gasteiger partial charge is 0.368 e. The summed E-state index contributed by atoms with van der Waals surface area (Å²) in [7, 11) is 0. The predicted molar refractivity (Wildman–Crippen MR) is 70.1 cm³/mol. The van der Waals surface area contributed by atoms with Crippen LogP contribution in [0.5, 0.6) is 0 Å². The Balaban J connectivity index is 1.83. The Labute approximate surface area is 113 Å². The molecule has 0 amide bonds. The average Bonchev–Trinajstić information content (AvgIpc) is 2.47. The highest BCUT2D eigenvalue weighted by atomic mass is 16.5. The van der Waals surface area contributed by atoms with Crippen LogP contribution in [-0.2, 0) is 11.2 Å². The average molecular weight is 261 g/mol. The lowest BCUT2D eigenvalue weighted by Crippen LogP contribution is -2.38. The monoisotopic (exact) mass is 261 g/mol. The molecular formula is C14H19N3O2. The number of carbonyl (C=O) groups excluding carboxylic acids is 1. The number of ether oxygens (including phenoxy) is 1. The second-order valence-corrected chi connectivity index (χ2v) is 5.12. The molecule has 5 nitrogen and oxygen atoms in total. The number of ketones is 1. The van der Waals surface area contributed by atoms with Crippen molar-refractivity contribution >= 4 is 5.78 Å². The lowest BCUT2D eigenvalue weighted by Gasteiger charge is -2.31. The maximum absolute atomic E-state index is 11.8. The molecule has 1 aromatic heterocycles. The van der Waals surface area contributed by atoms with Gasteiger partial charge in [-0.1, -0.05) is 6.92 Å². The van der Waals surface area contributed by atoms with E-state index in [1.165, 1.54) is 0 Å². The van der Waals surface area contributed by atoms with E-state index in [-0.39, 0.29) is 11.9 Å². The number of rotatable bonds is 2. The third-order valence-electron chi connectivity index (χ3n) is 3.89. The van der Waals surface area contributed by atoms with Crippen LogP contribution < -0.4 is 0 Å². The van der Waals surface area contributed by atoms with Gasteiger partial charge in [0.05, 0.1) is 17.9 Å². The Morgan fingerprint density at radius 3 is 3.21 bits per heavy atom. The highest BCUT2D eigenvalue weighted by Gasteiger charge is 2.26. The highest BCUT2D eigenvalue weighted by molar-refractivity contribution is 5.97. The van der Waals surface area contributed by atoms with Crippen LogP contribution >= 0.6 is 0 Å². The van der Waals surface area contributed by atoms with Crippen molar-refractivity contribution < 1.29 is 9.53 Å². The van der Waals surface area contributed by atoms with Gasteiger partial charge in [-0.3, -0.25) is 9.69 Å². The van der Waals surface area contributed by atoms with Gasteiger partial charge in [0.25, 0.3) is 0 Å². The molecule has 19 heavy (non-hydrogen) atoms. The van der Waals surface area contributed by atoms with E-state index >= 15 is 0 Å². The van der Waals surface area contributed by atoms with Crippen LogP contribution in [-0.4, -0.2) is 46.9 Å². The summed E-state index contributed by atoms with van der Waals surface area (Å²) in [6.07, 6.45) is 4.03. The summed E-state index contributed by atoms with van der Waals surface area (Å²) < 4.78 is 5.76. The maximum Gasteiger partial charge on any atom is 0.166 e. The molecule has 0 radical (unpaired) electrons. The van der Waals surface area contributed by atoms with Crippen LogP contribution in [0.4, 0.5) is 0 Å². The standard InChI is InChI=1S/C14H19N3O2/c1-2-17-6-7-19-13(9-17)14-15-8-10-11(16-14)4-3-5-12(10)18/h8,13H,2-7,9H2,1H3. The fourth-order valence-corrected chi connectivity index (χ4v) is 2.71. The van der Waals surface area contributed by atoms with Gasteiger partial charge in [-0.25, -0.2) is 9.97 Å². The van der Waals surface area contributed by atoms with Crippen LogP contribution in [0, 0.1) is 0 Å². The van der Waals surface area contributed by atoms with Crippen molar-refractivity contribution in [3.8, 4) is 0 Å². The molecule has 1 aromatic rings. The Kier molecular flexibility index (Phi) is 3.57. The molecule has 1 atom stereocenters. The molecule has 1 aliphatic carbocycles. The van der Waals surface area contributed by atoms with Crippen molar-refractivity contribution in [3.05, 3.63) is 23.3 Å². The van der Waals surface area contributed by atoms with E-state index < -0.39 is 0 Å². The summed E-state index contributed by atoms with van der Waals surface area (Å²) in [4.78, 5) is 23.0. The molecule has 3 rings (SSSR count). The molecule has 1 saturated heterocycles. The van der Waals surface area contributed by atoms with Gasteiger partial charge in [0.2, 0.25) is 0 Å². The minimum absolute atomic E-state index is 0.0592. The number of likely N-dealkylation sites (N-methyl/N-ethyl adjacent to an activating group) is 1. The summed E-state index contributed by atoms with van der Waals surface area (Å²) in [6, 6.07) is 0. The number of morpholine rings is 1. The topological polar surface area (TPSA) is 55.3 Å². The lowest BCUT2D eigenvalue weighted by atomic mass is 9.96. The number of hydrogen-bond donors (Lipinski definition) is 0. The van der Waals surface area contributed by atoms with Gasteiger partial charge in [0, 0.05) is 25.7 Å². The third kappa shape index (κ3) is 2.53. The Morgan fingerprint density at radius 1 is 1.47 bits per heavy atom. The second kappa shape index (κ2) is 5.35. The highest BCUT2D eigenvalue weighted by Crippen LogP contribution is 2.23. The number of aryl methyl sites for hydroxylation is 1. The molecule has 1 fully saturated rings. The molecule has 1 aliphatic heterocycles. The van der Waals surface area contributed by atoms with E-state index in [2.05, 4.69) is 21.8 Å². The van der Waals surface area contributed by atoms with Crippen LogP contribution in [0.15, 0.2) is 6.20 Å². The van der Waals surface area contributed by atoms with Crippen LogP contribution in [0.3, 0.4) is 0 Å². The summed E-state index contributed by atoms with van der Waals surface area (Å²) in [5, 5.41) is 0. The van der Waals surface area contributed by atoms with Gasteiger partial charge in [-0.05, 0) is 19.4 Å². The Morgan fingerprint density at radius 2 is 2.37 bits per heavy atom. The molecule has 0 saturated carbocycles. The molecule has 2 heterocycles. The molecular weight excluding hydrogens is 242 g/mol. The zero-order valence-corrected chi connectivity index (χ0v) is 11.3. The summed E-state index contributed by atoms with van der Waals surface area (Å²) in [5.74, 6) is 0.902. The fourth-order valence-electron chi connectivity index (χ4n) is 2.71. The van der Waals surface area contributed by atoms with Gasteiger partial charge in [0.1, 0.15) is 6.10 Å². The van der Waals surface area contributed by atoms with E-state index in [0.717, 1.165) is 50.6 Å². The van der Waals surface area contributed by atoms with Gasteiger partial charge < -0.3 is 4.74 Å². The number of Topliss-reactive ketones (excluding diaryl/α,β-unsaturated/α-hetero) is 1. The van der Waals surface area contributed by atoms with Crippen molar-refractivity contribution in [1.82, 2.24) is 14.9 Å². The number of fused-ring (bicyclic) bond motifs is 1. The SMILES string of the molecule is CCN1CCOC(c2ncc3c(n2)CCCC3=O)C1. The molecule has 0 N–H and O–H groups in total. The normalized spacial score (nSPS) is 24.3. The van der Waals surface area contributed by atoms with Crippen molar-refractivity contribution in [1.29, 1.82) is 0 Å². The third-order valence-corrected chi connectivity index (χ3v) is 3.89. The first-order valence-corrected chi connectivity index (χ1v) is 7.01. The van der Waals surface area contributed by atoms with Crippen molar-refractivity contribution in [2.45, 2.75) is 32.3 Å². The minimum atomic E-state index is -0.0592. The first kappa shape index (κ1) is 12.7. The molecule has 0 bridgehead atoms. The van der Waals surface area contributed by atoms with Gasteiger partial charge >= 0.3 is 0 Å². The zero-order valence-electron chi connectivity index (χ0n) is 11.3. The second-order valence-electron chi connectivity index (χ2n) is 5.12. The lowest BCUT2D eigenvalue weighted by molar-refractivity contribution is -0.0327. The zero-order chi connectivity index (χ0) is 13.2. The van der Waals surface area contributed by atoms with E-state index in [0.29, 0.717) is 12.0 Å². The first-order valence-electron chi connectivity index (χ1n) is 7.01. The predicted octanol–water partition coefficient (Wildman–Crippen LogP) is 1.39. The molecule has 0 aromatic carbocycles. The number of hydrogen-bond acceptors (Lipinski definition) is 5. The van der Waals surface area contributed by atoms with Crippen LogP contribution in [0.1, 0.15) is 47.7 Å². The Hall–Kier alpha value is -1.33. The van der Waals surface area contributed by atoms with Gasteiger partial charge in [-0.15, -0.1) is 0 Å². The van der Waals surface area contributed by atoms with E-state index in [1.54, 1.807) is 6.20 Å². The van der Waals surface area contributed by atoms with Crippen LogP contribution in [0.25, 0.3) is 0 Å². The summed E-state index contributed by atoms with van der Waals surface area (Å²) in [5.41, 5.74) is 1.61.